The number of alkyl halides is 1. The highest BCUT2D eigenvalue weighted by atomic mass is 35.5. The number of carbonyl (C=O) groups is 1. The number of nitrogens with one attached hydrogen (secondary N) is 1. The third kappa shape index (κ3) is 3.71. The highest BCUT2D eigenvalue weighted by Crippen LogP contribution is 2.05. The Morgan fingerprint density at radius 3 is 2.53 bits per heavy atom. The van der Waals surface area contributed by atoms with E-state index in [4.69, 9.17) is 11.6 Å². The van der Waals surface area contributed by atoms with Crippen molar-refractivity contribution in [3.8, 4) is 0 Å². The van der Waals surface area contributed by atoms with Gasteiger partial charge in [-0.15, -0.1) is 11.6 Å². The van der Waals surface area contributed by atoms with Crippen molar-refractivity contribution in [3.63, 3.8) is 0 Å². The van der Waals surface area contributed by atoms with Crippen molar-refractivity contribution in [1.82, 2.24) is 15.3 Å². The summed E-state index contributed by atoms with van der Waals surface area (Å²) >= 11 is 5.33. The minimum absolute atomic E-state index is 0.0459. The number of rotatable bonds is 4. The highest BCUT2D eigenvalue weighted by Gasteiger charge is 2.01. The average molecular weight is 229 g/mol. The Morgan fingerprint density at radius 2 is 2.07 bits per heavy atom. The van der Waals surface area contributed by atoms with Gasteiger partial charge in [0.1, 0.15) is 11.7 Å². The van der Waals surface area contributed by atoms with Crippen LogP contribution in [0.15, 0.2) is 12.4 Å². The number of hydrogen-bond donors (Lipinski definition) is 1. The minimum Gasteiger partial charge on any atom is -0.375 e. The van der Waals surface area contributed by atoms with E-state index in [1.54, 1.807) is 12.4 Å². The van der Waals surface area contributed by atoms with Gasteiger partial charge >= 0.3 is 0 Å². The lowest BCUT2D eigenvalue weighted by Gasteiger charge is -2.11. The molecule has 0 fully saturated rings. The average Bonchev–Trinajstić information content (AvgIpc) is 2.26. The molecule has 0 unspecified atom stereocenters. The summed E-state index contributed by atoms with van der Waals surface area (Å²) in [7, 11) is 3.82. The van der Waals surface area contributed by atoms with Gasteiger partial charge in [0.05, 0.1) is 24.6 Å². The van der Waals surface area contributed by atoms with Crippen molar-refractivity contribution in [1.29, 1.82) is 0 Å². The first kappa shape index (κ1) is 11.7. The summed E-state index contributed by atoms with van der Waals surface area (Å²) in [5, 5.41) is 2.59. The first-order valence-electron chi connectivity index (χ1n) is 4.44. The summed E-state index contributed by atoms with van der Waals surface area (Å²) in [4.78, 5) is 20.9. The van der Waals surface area contributed by atoms with Crippen LogP contribution < -0.4 is 10.2 Å². The van der Waals surface area contributed by atoms with Gasteiger partial charge in [-0.05, 0) is 0 Å². The Morgan fingerprint density at radius 1 is 1.47 bits per heavy atom. The maximum absolute atomic E-state index is 10.9. The molecule has 1 aromatic rings. The SMILES string of the molecule is CN(C)c1cnc(CNC(=O)CCl)nc1. The van der Waals surface area contributed by atoms with E-state index >= 15 is 0 Å². The number of hydrogen-bond acceptors (Lipinski definition) is 4. The van der Waals surface area contributed by atoms with Crippen molar-refractivity contribution < 1.29 is 4.79 Å². The fourth-order valence-electron chi connectivity index (χ4n) is 0.895. The summed E-state index contributed by atoms with van der Waals surface area (Å²) in [6, 6.07) is 0. The number of amides is 1. The Bertz CT molecular complexity index is 325. The number of halogens is 1. The summed E-state index contributed by atoms with van der Waals surface area (Å²) < 4.78 is 0. The first-order valence-corrected chi connectivity index (χ1v) is 4.98. The van der Waals surface area contributed by atoms with Crippen LogP contribution in [0.25, 0.3) is 0 Å². The molecule has 1 rings (SSSR count). The van der Waals surface area contributed by atoms with Crippen molar-refractivity contribution in [2.24, 2.45) is 0 Å². The molecule has 0 bridgehead atoms. The van der Waals surface area contributed by atoms with Crippen LogP contribution in [-0.2, 0) is 11.3 Å². The standard InChI is InChI=1S/C9H13ClN4O/c1-14(2)7-4-11-8(12-5-7)6-13-9(15)3-10/h4-5H,3,6H2,1-2H3,(H,13,15). The highest BCUT2D eigenvalue weighted by molar-refractivity contribution is 6.27. The van der Waals surface area contributed by atoms with Gasteiger partial charge in [-0.2, -0.15) is 0 Å². The molecule has 0 aliphatic rings. The fourth-order valence-corrected chi connectivity index (χ4v) is 0.990. The molecule has 0 spiro atoms. The van der Waals surface area contributed by atoms with E-state index in [0.717, 1.165) is 5.69 Å². The van der Waals surface area contributed by atoms with E-state index < -0.39 is 0 Å². The van der Waals surface area contributed by atoms with Gasteiger partial charge in [0.2, 0.25) is 5.91 Å². The molecule has 1 heterocycles. The van der Waals surface area contributed by atoms with Gasteiger partial charge < -0.3 is 10.2 Å². The van der Waals surface area contributed by atoms with Crippen molar-refractivity contribution in [3.05, 3.63) is 18.2 Å². The van der Waals surface area contributed by atoms with Gasteiger partial charge in [0, 0.05) is 14.1 Å². The van der Waals surface area contributed by atoms with Crippen LogP contribution in [0.2, 0.25) is 0 Å². The molecule has 15 heavy (non-hydrogen) atoms. The van der Waals surface area contributed by atoms with Gasteiger partial charge in [0.25, 0.3) is 0 Å². The largest absolute Gasteiger partial charge is 0.375 e. The van der Waals surface area contributed by atoms with E-state index in [0.29, 0.717) is 12.4 Å². The van der Waals surface area contributed by atoms with Gasteiger partial charge in [-0.3, -0.25) is 4.79 Å². The second kappa shape index (κ2) is 5.50. The summed E-state index contributed by atoms with van der Waals surface area (Å²) in [6.45, 7) is 0.305. The predicted molar refractivity (Wildman–Crippen MR) is 58.9 cm³/mol. The Balaban J connectivity index is 2.53. The third-order valence-corrected chi connectivity index (χ3v) is 2.02. The maximum atomic E-state index is 10.9. The van der Waals surface area contributed by atoms with Crippen LogP contribution in [0.1, 0.15) is 5.82 Å². The van der Waals surface area contributed by atoms with Crippen molar-refractivity contribution in [2.75, 3.05) is 24.9 Å². The van der Waals surface area contributed by atoms with E-state index in [9.17, 15) is 4.79 Å². The van der Waals surface area contributed by atoms with E-state index in [1.807, 2.05) is 19.0 Å². The molecule has 0 aromatic carbocycles. The Kier molecular flexibility index (Phi) is 4.30. The van der Waals surface area contributed by atoms with Crippen LogP contribution in [0, 0.1) is 0 Å². The summed E-state index contributed by atoms with van der Waals surface area (Å²) in [5.41, 5.74) is 0.919. The van der Waals surface area contributed by atoms with Crippen molar-refractivity contribution in [2.45, 2.75) is 6.54 Å². The van der Waals surface area contributed by atoms with E-state index in [2.05, 4.69) is 15.3 Å². The lowest BCUT2D eigenvalue weighted by atomic mass is 10.4. The lowest BCUT2D eigenvalue weighted by molar-refractivity contribution is -0.118. The minimum atomic E-state index is -0.225. The second-order valence-corrected chi connectivity index (χ2v) is 3.43. The zero-order valence-corrected chi connectivity index (χ0v) is 9.45. The van der Waals surface area contributed by atoms with Crippen LogP contribution >= 0.6 is 11.6 Å². The zero-order chi connectivity index (χ0) is 11.3. The molecular weight excluding hydrogens is 216 g/mol. The molecule has 0 atom stereocenters. The molecule has 5 nitrogen and oxygen atoms in total. The molecular formula is C9H13ClN4O. The van der Waals surface area contributed by atoms with Gasteiger partial charge in [-0.25, -0.2) is 9.97 Å². The molecule has 0 radical (unpaired) electrons. The molecule has 0 aliphatic heterocycles. The van der Waals surface area contributed by atoms with E-state index in [-0.39, 0.29) is 11.8 Å². The quantitative estimate of drug-likeness (QED) is 0.758. The number of aromatic nitrogens is 2. The maximum Gasteiger partial charge on any atom is 0.235 e. The van der Waals surface area contributed by atoms with Gasteiger partial charge in [-0.1, -0.05) is 0 Å². The molecule has 1 N–H and O–H groups in total. The number of carbonyl (C=O) groups excluding carboxylic acids is 1. The first-order chi connectivity index (χ1) is 7.13. The summed E-state index contributed by atoms with van der Waals surface area (Å²) in [6.07, 6.45) is 3.41. The molecule has 6 heteroatoms. The Hall–Kier alpha value is -1.36. The number of nitrogens with zero attached hydrogens (tertiary/aromatic N) is 3. The molecule has 1 amide bonds. The van der Waals surface area contributed by atoms with Crippen LogP contribution in [0.3, 0.4) is 0 Å². The van der Waals surface area contributed by atoms with Crippen LogP contribution in [0.4, 0.5) is 5.69 Å². The van der Waals surface area contributed by atoms with Crippen molar-refractivity contribution >= 4 is 23.2 Å². The molecule has 0 aliphatic carbocycles. The molecule has 1 aromatic heterocycles. The normalized spacial score (nSPS) is 9.80. The third-order valence-electron chi connectivity index (χ3n) is 1.77. The zero-order valence-electron chi connectivity index (χ0n) is 8.70. The molecule has 82 valence electrons. The van der Waals surface area contributed by atoms with E-state index in [1.165, 1.54) is 0 Å². The lowest BCUT2D eigenvalue weighted by Crippen LogP contribution is -2.24. The second-order valence-electron chi connectivity index (χ2n) is 3.16. The topological polar surface area (TPSA) is 58.1 Å². The smallest absolute Gasteiger partial charge is 0.235 e. The van der Waals surface area contributed by atoms with Gasteiger partial charge in [0.15, 0.2) is 0 Å². The molecule has 0 saturated carbocycles. The predicted octanol–water partition coefficient (Wildman–Crippen LogP) is 0.398. The van der Waals surface area contributed by atoms with Crippen LogP contribution in [-0.4, -0.2) is 35.9 Å². The summed E-state index contributed by atoms with van der Waals surface area (Å²) in [5.74, 6) is 0.298. The fraction of sp³-hybridized carbons (Fsp3) is 0.444. The molecule has 0 saturated heterocycles. The van der Waals surface area contributed by atoms with Crippen LogP contribution in [0.5, 0.6) is 0 Å². The number of anilines is 1. The Labute approximate surface area is 93.5 Å². The monoisotopic (exact) mass is 228 g/mol.